The van der Waals surface area contributed by atoms with Crippen LogP contribution in [0.3, 0.4) is 0 Å². The van der Waals surface area contributed by atoms with Gasteiger partial charge >= 0.3 is 0 Å². The molecule has 9 heteroatoms. The second-order valence-electron chi connectivity index (χ2n) is 8.04. The highest BCUT2D eigenvalue weighted by Gasteiger charge is 2.25. The summed E-state index contributed by atoms with van der Waals surface area (Å²) in [6.45, 7) is 6.83. The van der Waals surface area contributed by atoms with Crippen LogP contribution in [-0.4, -0.2) is 48.8 Å². The van der Waals surface area contributed by atoms with Crippen molar-refractivity contribution >= 4 is 10.0 Å². The average molecular weight is 487 g/mol. The van der Waals surface area contributed by atoms with Crippen LogP contribution in [-0.2, 0) is 23.1 Å². The van der Waals surface area contributed by atoms with Gasteiger partial charge < -0.3 is 14.2 Å². The number of para-hydroxylation sites is 1. The lowest BCUT2D eigenvalue weighted by Crippen LogP contribution is -2.33. The zero-order valence-electron chi connectivity index (χ0n) is 19.9. The quantitative estimate of drug-likeness (QED) is 0.347. The van der Waals surface area contributed by atoms with Crippen molar-refractivity contribution in [1.29, 1.82) is 0 Å². The fourth-order valence-electron chi connectivity index (χ4n) is 3.61. The highest BCUT2D eigenvalue weighted by atomic mass is 32.2. The summed E-state index contributed by atoms with van der Waals surface area (Å²) in [6.07, 6.45) is 1.73. The molecule has 0 saturated heterocycles. The van der Waals surface area contributed by atoms with Gasteiger partial charge in [-0.05, 0) is 56.6 Å². The van der Waals surface area contributed by atoms with Gasteiger partial charge in [-0.3, -0.25) is 0 Å². The zero-order chi connectivity index (χ0) is 24.2. The molecule has 0 unspecified atom stereocenters. The van der Waals surface area contributed by atoms with Crippen molar-refractivity contribution < 1.29 is 17.7 Å². The van der Waals surface area contributed by atoms with Crippen molar-refractivity contribution in [3.8, 4) is 5.75 Å². The van der Waals surface area contributed by atoms with Crippen LogP contribution in [0.4, 0.5) is 0 Å². The Labute approximate surface area is 202 Å². The second-order valence-corrected chi connectivity index (χ2v) is 9.92. The number of rotatable bonds is 15. The van der Waals surface area contributed by atoms with E-state index in [0.717, 1.165) is 25.2 Å². The molecule has 0 bridgehead atoms. The Morgan fingerprint density at radius 3 is 2.38 bits per heavy atom. The van der Waals surface area contributed by atoms with Gasteiger partial charge in [0.1, 0.15) is 11.8 Å². The van der Waals surface area contributed by atoms with E-state index in [0.29, 0.717) is 30.8 Å². The number of hydrogen-bond acceptors (Lipinski definition) is 7. The molecule has 2 aromatic carbocycles. The summed E-state index contributed by atoms with van der Waals surface area (Å²) < 4.78 is 39.6. The molecule has 0 amide bonds. The Hall–Kier alpha value is -2.75. The number of nitrogens with one attached hydrogen (secondary N) is 1. The molecule has 0 aliphatic heterocycles. The number of aryl methyl sites for hydroxylation is 1. The van der Waals surface area contributed by atoms with E-state index in [9.17, 15) is 8.42 Å². The van der Waals surface area contributed by atoms with E-state index >= 15 is 0 Å². The maximum atomic E-state index is 12.9. The molecule has 34 heavy (non-hydrogen) atoms. The third-order valence-corrected chi connectivity index (χ3v) is 7.03. The molecule has 1 heterocycles. The van der Waals surface area contributed by atoms with Gasteiger partial charge in [-0.25, -0.2) is 13.1 Å². The SMILES string of the molecule is CCN(CC)CCCS(=O)(=O)N[C@H](CCc1ccccc1)c1nc(COc2ccccc2)no1. The molecular weight excluding hydrogens is 452 g/mol. The van der Waals surface area contributed by atoms with Crippen LogP contribution < -0.4 is 9.46 Å². The minimum Gasteiger partial charge on any atom is -0.485 e. The molecule has 1 aromatic heterocycles. The fraction of sp³-hybridized carbons (Fsp3) is 0.440. The highest BCUT2D eigenvalue weighted by molar-refractivity contribution is 7.89. The molecule has 3 rings (SSSR count). The molecule has 0 fully saturated rings. The van der Waals surface area contributed by atoms with E-state index in [2.05, 4.69) is 33.6 Å². The molecule has 0 aliphatic rings. The van der Waals surface area contributed by atoms with Crippen LogP contribution in [0.2, 0.25) is 0 Å². The smallest absolute Gasteiger partial charge is 0.244 e. The van der Waals surface area contributed by atoms with E-state index < -0.39 is 16.1 Å². The van der Waals surface area contributed by atoms with Gasteiger partial charge in [-0.15, -0.1) is 0 Å². The number of sulfonamides is 1. The predicted molar refractivity (Wildman–Crippen MR) is 132 cm³/mol. The molecule has 184 valence electrons. The molecular formula is C25H34N4O4S. The first-order chi connectivity index (χ1) is 16.5. The summed E-state index contributed by atoms with van der Waals surface area (Å²) in [5.41, 5.74) is 1.11. The summed E-state index contributed by atoms with van der Waals surface area (Å²) in [5.74, 6) is 1.35. The van der Waals surface area contributed by atoms with Crippen molar-refractivity contribution in [3.63, 3.8) is 0 Å². The largest absolute Gasteiger partial charge is 0.485 e. The summed E-state index contributed by atoms with van der Waals surface area (Å²) in [4.78, 5) is 6.63. The normalized spacial score (nSPS) is 12.7. The molecule has 0 aliphatic carbocycles. The van der Waals surface area contributed by atoms with Gasteiger partial charge in [0.25, 0.3) is 0 Å². The van der Waals surface area contributed by atoms with Gasteiger partial charge in [0.15, 0.2) is 6.61 Å². The Morgan fingerprint density at radius 2 is 1.71 bits per heavy atom. The first kappa shape index (κ1) is 25.9. The first-order valence-corrected chi connectivity index (χ1v) is 13.4. The summed E-state index contributed by atoms with van der Waals surface area (Å²) in [5, 5.41) is 3.99. The minimum atomic E-state index is -3.53. The minimum absolute atomic E-state index is 0.0451. The van der Waals surface area contributed by atoms with Crippen LogP contribution >= 0.6 is 0 Å². The molecule has 0 saturated carbocycles. The third-order valence-electron chi connectivity index (χ3n) is 5.56. The van der Waals surface area contributed by atoms with Crippen LogP contribution in [0.15, 0.2) is 65.2 Å². The van der Waals surface area contributed by atoms with Gasteiger partial charge in [0.05, 0.1) is 5.75 Å². The summed E-state index contributed by atoms with van der Waals surface area (Å²) in [7, 11) is -3.53. The molecule has 3 aromatic rings. The summed E-state index contributed by atoms with van der Waals surface area (Å²) in [6, 6.07) is 18.7. The molecule has 0 radical (unpaired) electrons. The van der Waals surface area contributed by atoms with Crippen LogP contribution in [0.5, 0.6) is 5.75 Å². The lowest BCUT2D eigenvalue weighted by molar-refractivity contribution is 0.282. The summed E-state index contributed by atoms with van der Waals surface area (Å²) >= 11 is 0. The van der Waals surface area contributed by atoms with Gasteiger partial charge in [-0.2, -0.15) is 4.98 Å². The standard InChI is InChI=1S/C25H34N4O4S/c1-3-29(4-2)18-11-19-34(30,31)28-23(17-16-21-12-7-5-8-13-21)25-26-24(27-33-25)20-32-22-14-9-6-10-15-22/h5-10,12-15,23,28H,3-4,11,16-20H2,1-2H3/t23-/m1/s1. The van der Waals surface area contributed by atoms with Crippen LogP contribution in [0.1, 0.15) is 50.0 Å². The molecule has 1 N–H and O–H groups in total. The van der Waals surface area contributed by atoms with Crippen molar-refractivity contribution in [3.05, 3.63) is 77.9 Å². The lowest BCUT2D eigenvalue weighted by atomic mass is 10.1. The second kappa shape index (κ2) is 13.2. The number of hydrogen-bond donors (Lipinski definition) is 1. The van der Waals surface area contributed by atoms with Crippen molar-refractivity contribution in [1.82, 2.24) is 19.8 Å². The number of aromatic nitrogens is 2. The maximum Gasteiger partial charge on any atom is 0.244 e. The maximum absolute atomic E-state index is 12.9. The zero-order valence-corrected chi connectivity index (χ0v) is 20.7. The van der Waals surface area contributed by atoms with E-state index in [1.165, 1.54) is 0 Å². The van der Waals surface area contributed by atoms with E-state index in [1.807, 2.05) is 60.7 Å². The van der Waals surface area contributed by atoms with Crippen molar-refractivity contribution in [2.75, 3.05) is 25.4 Å². The van der Waals surface area contributed by atoms with Crippen molar-refractivity contribution in [2.45, 2.75) is 45.8 Å². The fourth-order valence-corrected chi connectivity index (χ4v) is 4.89. The molecule has 8 nitrogen and oxygen atoms in total. The van der Waals surface area contributed by atoms with Crippen molar-refractivity contribution in [2.24, 2.45) is 0 Å². The number of nitrogens with zero attached hydrogens (tertiary/aromatic N) is 3. The Bertz CT molecular complexity index is 1070. The van der Waals surface area contributed by atoms with E-state index in [1.54, 1.807) is 0 Å². The Kier molecular flexibility index (Phi) is 10.1. The van der Waals surface area contributed by atoms with Gasteiger partial charge in [0, 0.05) is 0 Å². The van der Waals surface area contributed by atoms with E-state index in [4.69, 9.17) is 9.26 Å². The van der Waals surface area contributed by atoms with Gasteiger partial charge in [-0.1, -0.05) is 67.5 Å². The third kappa shape index (κ3) is 8.55. The Morgan fingerprint density at radius 1 is 1.03 bits per heavy atom. The molecule has 0 spiro atoms. The van der Waals surface area contributed by atoms with Crippen LogP contribution in [0, 0.1) is 0 Å². The number of benzene rings is 2. The lowest BCUT2D eigenvalue weighted by Gasteiger charge is -2.19. The highest BCUT2D eigenvalue weighted by Crippen LogP contribution is 2.20. The van der Waals surface area contributed by atoms with Gasteiger partial charge in [0.2, 0.25) is 21.7 Å². The molecule has 1 atom stereocenters. The first-order valence-electron chi connectivity index (χ1n) is 11.8. The topological polar surface area (TPSA) is 97.6 Å². The Balaban J connectivity index is 1.66. The predicted octanol–water partition coefficient (Wildman–Crippen LogP) is 3.97. The monoisotopic (exact) mass is 486 g/mol. The van der Waals surface area contributed by atoms with E-state index in [-0.39, 0.29) is 18.3 Å². The number of ether oxygens (including phenoxy) is 1. The van der Waals surface area contributed by atoms with Crippen LogP contribution in [0.25, 0.3) is 0 Å². The average Bonchev–Trinajstić information content (AvgIpc) is 3.33.